The fourth-order valence-electron chi connectivity index (χ4n) is 2.62. The van der Waals surface area contributed by atoms with E-state index in [1.807, 2.05) is 32.0 Å². The molecular formula is C16H21NO4. The first-order valence-electron chi connectivity index (χ1n) is 7.36. The molecule has 0 bridgehead atoms. The highest BCUT2D eigenvalue weighted by atomic mass is 16.5. The van der Waals surface area contributed by atoms with Crippen LogP contribution < -0.4 is 5.32 Å². The summed E-state index contributed by atoms with van der Waals surface area (Å²) in [6.45, 7) is 4.08. The molecule has 2 rings (SSSR count). The number of anilines is 1. The Morgan fingerprint density at radius 3 is 2.24 bits per heavy atom. The van der Waals surface area contributed by atoms with E-state index in [4.69, 9.17) is 9.84 Å². The van der Waals surface area contributed by atoms with Crippen molar-refractivity contribution in [3.05, 3.63) is 29.3 Å². The normalized spacial score (nSPS) is 21.2. The van der Waals surface area contributed by atoms with Gasteiger partial charge in [-0.3, -0.25) is 4.79 Å². The molecule has 21 heavy (non-hydrogen) atoms. The molecule has 0 aromatic heterocycles. The maximum Gasteiger partial charge on any atom is 0.332 e. The molecule has 1 aromatic rings. The van der Waals surface area contributed by atoms with Crippen molar-refractivity contribution in [2.75, 3.05) is 5.32 Å². The summed E-state index contributed by atoms with van der Waals surface area (Å²) in [5, 5.41) is 11.8. The smallest absolute Gasteiger partial charge is 0.332 e. The third-order valence-corrected chi connectivity index (χ3v) is 3.83. The van der Waals surface area contributed by atoms with E-state index in [-0.39, 0.29) is 5.91 Å². The molecule has 0 aliphatic carbocycles. The van der Waals surface area contributed by atoms with Crippen LogP contribution in [0.2, 0.25) is 0 Å². The van der Waals surface area contributed by atoms with Gasteiger partial charge in [0.1, 0.15) is 6.10 Å². The molecule has 5 heteroatoms. The largest absolute Gasteiger partial charge is 0.479 e. The number of rotatable bonds is 5. The van der Waals surface area contributed by atoms with E-state index < -0.39 is 18.2 Å². The number of carbonyl (C=O) groups excluding carboxylic acids is 1. The van der Waals surface area contributed by atoms with Gasteiger partial charge in [0.25, 0.3) is 5.91 Å². The molecule has 1 amide bonds. The number of hydrogen-bond donors (Lipinski definition) is 2. The van der Waals surface area contributed by atoms with Crippen LogP contribution in [0.25, 0.3) is 0 Å². The van der Waals surface area contributed by atoms with E-state index in [2.05, 4.69) is 5.32 Å². The summed E-state index contributed by atoms with van der Waals surface area (Å²) in [4.78, 5) is 23.2. The first kappa shape index (κ1) is 15.5. The Morgan fingerprint density at radius 2 is 1.76 bits per heavy atom. The molecule has 0 radical (unpaired) electrons. The number of hydrogen-bond acceptors (Lipinski definition) is 3. The maximum atomic E-state index is 12.3. The van der Waals surface area contributed by atoms with Crippen LogP contribution in [0.5, 0.6) is 0 Å². The molecule has 1 aromatic carbocycles. The first-order valence-corrected chi connectivity index (χ1v) is 7.36. The molecule has 2 N–H and O–H groups in total. The minimum atomic E-state index is -1.01. The van der Waals surface area contributed by atoms with Gasteiger partial charge in [-0.05, 0) is 36.8 Å². The van der Waals surface area contributed by atoms with Crippen molar-refractivity contribution in [3.8, 4) is 0 Å². The van der Waals surface area contributed by atoms with E-state index in [9.17, 15) is 9.59 Å². The predicted octanol–water partition coefficient (Wildman–Crippen LogP) is 2.38. The quantitative estimate of drug-likeness (QED) is 0.873. The molecule has 1 saturated heterocycles. The van der Waals surface area contributed by atoms with Gasteiger partial charge in [-0.25, -0.2) is 4.79 Å². The zero-order valence-electron chi connectivity index (χ0n) is 12.4. The summed E-state index contributed by atoms with van der Waals surface area (Å²) in [6, 6.07) is 5.97. The number of carboxylic acids is 1. The van der Waals surface area contributed by atoms with E-state index in [1.165, 1.54) is 0 Å². The molecule has 1 heterocycles. The number of ether oxygens (including phenoxy) is 1. The van der Waals surface area contributed by atoms with Crippen LogP contribution in [0.15, 0.2) is 18.2 Å². The topological polar surface area (TPSA) is 75.6 Å². The molecule has 1 aliphatic heterocycles. The van der Waals surface area contributed by atoms with Crippen LogP contribution >= 0.6 is 0 Å². The lowest BCUT2D eigenvalue weighted by molar-refractivity contribution is -0.150. The number of amides is 1. The lowest BCUT2D eigenvalue weighted by Crippen LogP contribution is -2.30. The molecule has 0 spiro atoms. The number of carboxylic acid groups (broad SMARTS) is 1. The fraction of sp³-hybridized carbons (Fsp3) is 0.500. The highest BCUT2D eigenvalue weighted by Gasteiger charge is 2.35. The molecule has 0 unspecified atom stereocenters. The van der Waals surface area contributed by atoms with E-state index >= 15 is 0 Å². The Balaban J connectivity index is 2.12. The predicted molar refractivity (Wildman–Crippen MR) is 79.4 cm³/mol. The summed E-state index contributed by atoms with van der Waals surface area (Å²) < 4.78 is 5.29. The Labute approximate surface area is 124 Å². The summed E-state index contributed by atoms with van der Waals surface area (Å²) in [5.41, 5.74) is 3.00. The summed E-state index contributed by atoms with van der Waals surface area (Å²) in [5.74, 6) is -1.26. The van der Waals surface area contributed by atoms with E-state index in [1.54, 1.807) is 0 Å². The average Bonchev–Trinajstić information content (AvgIpc) is 2.97. The van der Waals surface area contributed by atoms with Crippen LogP contribution in [0, 0.1) is 0 Å². The summed E-state index contributed by atoms with van der Waals surface area (Å²) >= 11 is 0. The van der Waals surface area contributed by atoms with Crippen molar-refractivity contribution in [3.63, 3.8) is 0 Å². The molecule has 0 saturated carbocycles. The summed E-state index contributed by atoms with van der Waals surface area (Å²) in [6.07, 6.45) is 0.926. The third-order valence-electron chi connectivity index (χ3n) is 3.83. The number of carbonyl (C=O) groups is 2. The van der Waals surface area contributed by atoms with Gasteiger partial charge < -0.3 is 15.2 Å². The van der Waals surface area contributed by atoms with Gasteiger partial charge in [0.15, 0.2) is 6.10 Å². The Bertz CT molecular complexity index is 519. The maximum absolute atomic E-state index is 12.3. The minimum Gasteiger partial charge on any atom is -0.479 e. The highest BCUT2D eigenvalue weighted by Crippen LogP contribution is 2.25. The van der Waals surface area contributed by atoms with Crippen molar-refractivity contribution < 1.29 is 19.4 Å². The van der Waals surface area contributed by atoms with Gasteiger partial charge in [0, 0.05) is 5.69 Å². The van der Waals surface area contributed by atoms with Crippen LogP contribution in [0.4, 0.5) is 5.69 Å². The Kier molecular flexibility index (Phi) is 4.96. The second-order valence-electron chi connectivity index (χ2n) is 5.18. The highest BCUT2D eigenvalue weighted by molar-refractivity contribution is 5.96. The number of benzene rings is 1. The van der Waals surface area contributed by atoms with Crippen molar-refractivity contribution in [2.24, 2.45) is 0 Å². The van der Waals surface area contributed by atoms with Crippen molar-refractivity contribution in [2.45, 2.75) is 51.7 Å². The van der Waals surface area contributed by atoms with Crippen LogP contribution in [0.3, 0.4) is 0 Å². The SMILES string of the molecule is CCc1cccc(CC)c1NC(=O)[C@@H]1CC[C@H](C(=O)O)O1. The minimum absolute atomic E-state index is 0.255. The Morgan fingerprint density at radius 1 is 1.19 bits per heavy atom. The number of aryl methyl sites for hydroxylation is 2. The van der Waals surface area contributed by atoms with Gasteiger partial charge in [0.2, 0.25) is 0 Å². The standard InChI is InChI=1S/C16H21NO4/c1-3-10-6-5-7-11(4-2)14(10)17-15(18)12-8-9-13(21-12)16(19)20/h5-7,12-13H,3-4,8-9H2,1-2H3,(H,17,18)(H,19,20)/t12-,13+/m0/s1. The van der Waals surface area contributed by atoms with Gasteiger partial charge in [-0.15, -0.1) is 0 Å². The number of aliphatic carboxylic acids is 1. The molecule has 114 valence electrons. The average molecular weight is 291 g/mol. The van der Waals surface area contributed by atoms with Gasteiger partial charge in [0.05, 0.1) is 0 Å². The lowest BCUT2D eigenvalue weighted by atomic mass is 10.0. The van der Waals surface area contributed by atoms with E-state index in [0.29, 0.717) is 12.8 Å². The fourth-order valence-corrected chi connectivity index (χ4v) is 2.62. The zero-order valence-corrected chi connectivity index (χ0v) is 12.4. The summed E-state index contributed by atoms with van der Waals surface area (Å²) in [7, 11) is 0. The molecule has 1 fully saturated rings. The second-order valence-corrected chi connectivity index (χ2v) is 5.18. The van der Waals surface area contributed by atoms with Crippen molar-refractivity contribution >= 4 is 17.6 Å². The third kappa shape index (κ3) is 3.42. The first-order chi connectivity index (χ1) is 10.1. The van der Waals surface area contributed by atoms with Gasteiger partial charge in [-0.1, -0.05) is 32.0 Å². The lowest BCUT2D eigenvalue weighted by Gasteiger charge is -2.17. The number of nitrogens with one attached hydrogen (secondary N) is 1. The number of para-hydroxylation sites is 1. The van der Waals surface area contributed by atoms with Gasteiger partial charge in [-0.2, -0.15) is 0 Å². The van der Waals surface area contributed by atoms with Crippen LogP contribution in [-0.2, 0) is 27.2 Å². The monoisotopic (exact) mass is 291 g/mol. The second kappa shape index (κ2) is 6.72. The van der Waals surface area contributed by atoms with Crippen LogP contribution in [0.1, 0.15) is 37.8 Å². The van der Waals surface area contributed by atoms with Crippen molar-refractivity contribution in [1.82, 2.24) is 0 Å². The van der Waals surface area contributed by atoms with Gasteiger partial charge >= 0.3 is 5.97 Å². The van der Waals surface area contributed by atoms with Crippen LogP contribution in [-0.4, -0.2) is 29.2 Å². The molecular weight excluding hydrogens is 270 g/mol. The Hall–Kier alpha value is -1.88. The van der Waals surface area contributed by atoms with E-state index in [0.717, 1.165) is 29.7 Å². The van der Waals surface area contributed by atoms with Crippen molar-refractivity contribution in [1.29, 1.82) is 0 Å². The molecule has 2 atom stereocenters. The molecule has 1 aliphatic rings. The molecule has 5 nitrogen and oxygen atoms in total. The zero-order chi connectivity index (χ0) is 15.4.